The van der Waals surface area contributed by atoms with E-state index in [9.17, 15) is 0 Å². The fourth-order valence-electron chi connectivity index (χ4n) is 0. The van der Waals surface area contributed by atoms with E-state index in [1.54, 1.807) is 0 Å². The quantitative estimate of drug-likeness (QED) is 0.186. The first-order chi connectivity index (χ1) is 5.20. The maximum atomic E-state index is 8.78. The molecule has 74 valence electrons. The van der Waals surface area contributed by atoms with E-state index in [1.807, 2.05) is 0 Å². The third-order valence-corrected chi connectivity index (χ3v) is 0. The van der Waals surface area contributed by atoms with Gasteiger partial charge in [-0.3, -0.25) is 0 Å². The van der Waals surface area contributed by atoms with Crippen LogP contribution in [0.25, 0.3) is 0 Å². The van der Waals surface area contributed by atoms with Crippen LogP contribution in [0.2, 0.25) is 0 Å². The molecule has 0 aromatic heterocycles. The molecule has 0 spiro atoms. The normalized spacial score (nSPS) is 5.77. The van der Waals surface area contributed by atoms with Crippen molar-refractivity contribution in [2.45, 2.75) is 0 Å². The average Bonchev–Trinajstić information content (AvgIpc) is 1.54. The number of nitrogens with two attached hydrogens (primary N) is 2. The predicted molar refractivity (Wildman–Crippen MR) is 37.9 cm³/mol. The second kappa shape index (κ2) is 17.2. The van der Waals surface area contributed by atoms with Crippen LogP contribution in [0.5, 0.6) is 0 Å². The molecule has 0 aliphatic rings. The SMILES string of the molecule is NC(=O)O.NC(=O)O.OB(O)O.[H-].[Li+]. The zero-order chi connectivity index (χ0) is 10.7. The Kier molecular flexibility index (Phi) is 30.1. The second-order valence-electron chi connectivity index (χ2n) is 1.02. The molecule has 0 aromatic rings. The maximum Gasteiger partial charge on any atom is 1.00 e. The van der Waals surface area contributed by atoms with Crippen molar-refractivity contribution in [3.05, 3.63) is 0 Å². The van der Waals surface area contributed by atoms with Crippen LogP contribution in [-0.2, 0) is 0 Å². The molecule has 0 aliphatic heterocycles. The summed E-state index contributed by atoms with van der Waals surface area (Å²) in [7, 11) is -2.17. The predicted octanol–water partition coefficient (Wildman–Crippen LogP) is -5.69. The Bertz CT molecular complexity index is 114. The van der Waals surface area contributed by atoms with E-state index in [2.05, 4.69) is 11.5 Å². The van der Waals surface area contributed by atoms with Crippen molar-refractivity contribution in [3.63, 3.8) is 0 Å². The van der Waals surface area contributed by atoms with Gasteiger partial charge in [-0.1, -0.05) is 0 Å². The maximum absolute atomic E-state index is 8.78. The average molecular weight is 192 g/mol. The molecule has 11 heteroatoms. The third kappa shape index (κ3) is 1090. The minimum atomic E-state index is -2.17. The number of amides is 2. The van der Waals surface area contributed by atoms with E-state index < -0.39 is 19.5 Å². The van der Waals surface area contributed by atoms with Crippen molar-refractivity contribution in [2.24, 2.45) is 11.5 Å². The Hall–Kier alpha value is -0.918. The summed E-state index contributed by atoms with van der Waals surface area (Å²) in [5.41, 5.74) is 8.06. The Labute approximate surface area is 86.8 Å². The Balaban J connectivity index is -0.0000000270. The molecule has 0 aromatic carbocycles. The minimum absolute atomic E-state index is 0. The van der Waals surface area contributed by atoms with Gasteiger partial charge in [0.25, 0.3) is 0 Å². The molecule has 0 saturated heterocycles. The zero-order valence-electron chi connectivity index (χ0n) is 7.78. The van der Waals surface area contributed by atoms with Gasteiger partial charge < -0.3 is 38.2 Å². The molecule has 0 rings (SSSR count). The van der Waals surface area contributed by atoms with Gasteiger partial charge in [-0.15, -0.1) is 0 Å². The molecule has 0 radical (unpaired) electrons. The van der Waals surface area contributed by atoms with Crippen molar-refractivity contribution in [1.29, 1.82) is 0 Å². The smallest absolute Gasteiger partial charge is 1.00 e. The molecule has 0 saturated carbocycles. The first-order valence-electron chi connectivity index (χ1n) is 2.21. The number of hydrogen-bond donors (Lipinski definition) is 7. The molecule has 2 amide bonds. The second-order valence-corrected chi connectivity index (χ2v) is 1.02. The summed E-state index contributed by atoms with van der Waals surface area (Å²) in [6.45, 7) is 0. The van der Waals surface area contributed by atoms with Crippen LogP contribution < -0.4 is 30.3 Å². The number of rotatable bonds is 0. The molecular weight excluding hydrogens is 182 g/mol. The summed E-state index contributed by atoms with van der Waals surface area (Å²) < 4.78 is 0. The zero-order valence-corrected chi connectivity index (χ0v) is 6.78. The van der Waals surface area contributed by atoms with Gasteiger partial charge in [0.05, 0.1) is 0 Å². The van der Waals surface area contributed by atoms with Gasteiger partial charge in [0.1, 0.15) is 0 Å². The van der Waals surface area contributed by atoms with Crippen LogP contribution in [0.3, 0.4) is 0 Å². The van der Waals surface area contributed by atoms with E-state index in [1.165, 1.54) is 0 Å². The summed E-state index contributed by atoms with van der Waals surface area (Å²) >= 11 is 0. The number of primary amides is 2. The third-order valence-electron chi connectivity index (χ3n) is 0. The van der Waals surface area contributed by atoms with Gasteiger partial charge >= 0.3 is 38.4 Å². The van der Waals surface area contributed by atoms with Crippen LogP contribution in [0.4, 0.5) is 9.59 Å². The monoisotopic (exact) mass is 192 g/mol. The van der Waals surface area contributed by atoms with Crippen molar-refractivity contribution in [1.82, 2.24) is 0 Å². The van der Waals surface area contributed by atoms with Crippen LogP contribution >= 0.6 is 0 Å². The van der Waals surface area contributed by atoms with Gasteiger partial charge in [0.15, 0.2) is 0 Å². The van der Waals surface area contributed by atoms with Crippen molar-refractivity contribution < 1.29 is 55.2 Å². The summed E-state index contributed by atoms with van der Waals surface area (Å²) in [5, 5.41) is 35.9. The standard InChI is InChI=1S/2CH3NO2.BH3O3.Li.H/c3*2-1(3)4;;/h2*2H2,(H,3,4);2-4H;;/q;;;+1;-1. The van der Waals surface area contributed by atoms with Crippen molar-refractivity contribution in [3.8, 4) is 0 Å². The van der Waals surface area contributed by atoms with E-state index in [-0.39, 0.29) is 20.3 Å². The number of carboxylic acid groups (broad SMARTS) is 2. The molecular formula is C2H10BLiN2O7. The van der Waals surface area contributed by atoms with E-state index in [0.717, 1.165) is 0 Å². The molecule has 0 unspecified atom stereocenters. The summed E-state index contributed by atoms with van der Waals surface area (Å²) in [6.07, 6.45) is -2.67. The summed E-state index contributed by atoms with van der Waals surface area (Å²) in [6, 6.07) is 0. The minimum Gasteiger partial charge on any atom is -1.00 e. The summed E-state index contributed by atoms with van der Waals surface area (Å²) in [5.74, 6) is 0. The number of carbonyl (C=O) groups is 2. The van der Waals surface area contributed by atoms with Crippen molar-refractivity contribution >= 4 is 19.5 Å². The van der Waals surface area contributed by atoms with Crippen LogP contribution in [0.1, 0.15) is 1.43 Å². The van der Waals surface area contributed by atoms with Crippen molar-refractivity contribution in [2.75, 3.05) is 0 Å². The van der Waals surface area contributed by atoms with Crippen LogP contribution in [-0.4, -0.2) is 44.8 Å². The molecule has 0 atom stereocenters. The van der Waals surface area contributed by atoms with E-state index >= 15 is 0 Å². The van der Waals surface area contributed by atoms with Gasteiger partial charge in [0, 0.05) is 0 Å². The number of hydrogen-bond acceptors (Lipinski definition) is 5. The van der Waals surface area contributed by atoms with Crippen LogP contribution in [0.15, 0.2) is 0 Å². The molecule has 9 N–H and O–H groups in total. The van der Waals surface area contributed by atoms with Crippen LogP contribution in [0, 0.1) is 0 Å². The summed E-state index contributed by atoms with van der Waals surface area (Å²) in [4.78, 5) is 17.6. The largest absolute Gasteiger partial charge is 1.00 e. The topological polar surface area (TPSA) is 187 Å². The Morgan fingerprint density at radius 3 is 1.00 bits per heavy atom. The molecule has 13 heavy (non-hydrogen) atoms. The molecule has 0 bridgehead atoms. The van der Waals surface area contributed by atoms with E-state index in [4.69, 9.17) is 34.9 Å². The van der Waals surface area contributed by atoms with E-state index in [0.29, 0.717) is 0 Å². The Morgan fingerprint density at radius 1 is 1.00 bits per heavy atom. The van der Waals surface area contributed by atoms with Gasteiger partial charge in [-0.25, -0.2) is 9.59 Å². The fourth-order valence-corrected chi connectivity index (χ4v) is 0. The molecule has 9 nitrogen and oxygen atoms in total. The first-order valence-corrected chi connectivity index (χ1v) is 2.21. The molecule has 0 fully saturated rings. The van der Waals surface area contributed by atoms with Gasteiger partial charge in [-0.2, -0.15) is 0 Å². The first kappa shape index (κ1) is 22.7. The van der Waals surface area contributed by atoms with Gasteiger partial charge in [0.2, 0.25) is 0 Å². The molecule has 0 heterocycles. The Morgan fingerprint density at radius 2 is 1.00 bits per heavy atom. The molecule has 0 aliphatic carbocycles. The van der Waals surface area contributed by atoms with Gasteiger partial charge in [-0.05, 0) is 0 Å². The fraction of sp³-hybridized carbons (Fsp3) is 0.